The fraction of sp³-hybridized carbons (Fsp3) is 0.350. The van der Waals surface area contributed by atoms with Crippen molar-refractivity contribution in [3.05, 3.63) is 41.3 Å². The van der Waals surface area contributed by atoms with Crippen molar-refractivity contribution in [2.75, 3.05) is 17.7 Å². The van der Waals surface area contributed by atoms with E-state index in [0.717, 1.165) is 30.2 Å². The Morgan fingerprint density at radius 2 is 2.22 bits per heavy atom. The molecule has 1 amide bonds. The Hall–Kier alpha value is -2.25. The van der Waals surface area contributed by atoms with Crippen LogP contribution in [0.3, 0.4) is 0 Å². The third-order valence-electron chi connectivity index (χ3n) is 4.98. The van der Waals surface area contributed by atoms with E-state index in [1.807, 2.05) is 22.1 Å². The maximum absolute atomic E-state index is 12.5. The first-order valence-electron chi connectivity index (χ1n) is 9.96. The molecule has 2 aromatic heterocycles. The number of carbonyl (C=O) groups excluding carboxylic acids is 1. The average Bonchev–Trinajstić information content (AvgIpc) is 3.49. The summed E-state index contributed by atoms with van der Waals surface area (Å²) in [6, 6.07) is 8.56. The van der Waals surface area contributed by atoms with Crippen LogP contribution < -0.4 is 10.5 Å². The van der Waals surface area contributed by atoms with E-state index in [1.54, 1.807) is 30.4 Å². The Morgan fingerprint density at radius 1 is 1.38 bits per heavy atom. The molecule has 3 N–H and O–H groups in total. The van der Waals surface area contributed by atoms with Crippen molar-refractivity contribution in [2.24, 2.45) is 5.14 Å². The van der Waals surface area contributed by atoms with Gasteiger partial charge in [0.1, 0.15) is 0 Å². The first-order valence-corrected chi connectivity index (χ1v) is 13.4. The van der Waals surface area contributed by atoms with Gasteiger partial charge in [0.2, 0.25) is 15.9 Å². The van der Waals surface area contributed by atoms with Gasteiger partial charge in [-0.05, 0) is 48.9 Å². The topological polar surface area (TPSA) is 129 Å². The predicted octanol–water partition coefficient (Wildman–Crippen LogP) is 2.87. The molecule has 12 heteroatoms. The molecule has 1 atom stereocenters. The molecule has 3 aromatic rings. The van der Waals surface area contributed by atoms with Gasteiger partial charge in [0.05, 0.1) is 28.2 Å². The van der Waals surface area contributed by atoms with Gasteiger partial charge in [-0.3, -0.25) is 9.36 Å². The molecule has 0 spiro atoms. The van der Waals surface area contributed by atoms with Crippen LogP contribution in [0, 0.1) is 6.92 Å². The van der Waals surface area contributed by atoms with E-state index in [2.05, 4.69) is 15.5 Å². The van der Waals surface area contributed by atoms with Crippen LogP contribution in [0.25, 0.3) is 10.7 Å². The van der Waals surface area contributed by atoms with E-state index in [4.69, 9.17) is 9.88 Å². The SMILES string of the molecule is Cc1ccc(NC(=O)CSc2nnc(-c3cccs3)n2CC2CCCO2)cc1S(N)(=O)=O. The van der Waals surface area contributed by atoms with E-state index in [1.165, 1.54) is 17.8 Å². The third kappa shape index (κ3) is 5.38. The molecule has 0 aliphatic carbocycles. The highest BCUT2D eigenvalue weighted by molar-refractivity contribution is 7.99. The molecule has 1 aliphatic rings. The Morgan fingerprint density at radius 3 is 2.91 bits per heavy atom. The number of aryl methyl sites for hydroxylation is 1. The van der Waals surface area contributed by atoms with Gasteiger partial charge >= 0.3 is 0 Å². The van der Waals surface area contributed by atoms with Crippen molar-refractivity contribution in [1.82, 2.24) is 14.8 Å². The normalized spacial score (nSPS) is 16.4. The number of thioether (sulfide) groups is 1. The maximum Gasteiger partial charge on any atom is 0.238 e. The van der Waals surface area contributed by atoms with Crippen LogP contribution in [-0.4, -0.2) is 47.6 Å². The third-order valence-corrected chi connectivity index (χ3v) is 7.86. The Balaban J connectivity index is 1.47. The van der Waals surface area contributed by atoms with Crippen LogP contribution >= 0.6 is 23.1 Å². The zero-order valence-corrected chi connectivity index (χ0v) is 19.8. The van der Waals surface area contributed by atoms with Crippen LogP contribution in [0.15, 0.2) is 45.8 Å². The lowest BCUT2D eigenvalue weighted by Crippen LogP contribution is -2.18. The monoisotopic (exact) mass is 493 g/mol. The number of ether oxygens (including phenoxy) is 1. The summed E-state index contributed by atoms with van der Waals surface area (Å²) in [6.07, 6.45) is 2.11. The molecule has 0 radical (unpaired) electrons. The lowest BCUT2D eigenvalue weighted by molar-refractivity contribution is -0.113. The van der Waals surface area contributed by atoms with Crippen LogP contribution in [0.2, 0.25) is 0 Å². The Labute approximate surface area is 194 Å². The van der Waals surface area contributed by atoms with Crippen molar-refractivity contribution in [3.8, 4) is 10.7 Å². The molecule has 1 saturated heterocycles. The second-order valence-electron chi connectivity index (χ2n) is 7.39. The number of hydrogen-bond acceptors (Lipinski definition) is 8. The molecule has 1 aliphatic heterocycles. The van der Waals surface area contributed by atoms with Crippen LogP contribution in [-0.2, 0) is 26.1 Å². The Bertz CT molecular complexity index is 1200. The fourth-order valence-corrected chi connectivity index (χ4v) is 5.72. The van der Waals surface area contributed by atoms with E-state index in [-0.39, 0.29) is 22.7 Å². The van der Waals surface area contributed by atoms with E-state index < -0.39 is 10.0 Å². The molecule has 4 rings (SSSR count). The van der Waals surface area contributed by atoms with Gasteiger partial charge in [-0.25, -0.2) is 13.6 Å². The summed E-state index contributed by atoms with van der Waals surface area (Å²) in [5.41, 5.74) is 0.883. The van der Waals surface area contributed by atoms with Crippen molar-refractivity contribution >= 4 is 44.7 Å². The summed E-state index contributed by atoms with van der Waals surface area (Å²) in [4.78, 5) is 13.5. The summed E-state index contributed by atoms with van der Waals surface area (Å²) in [6.45, 7) is 3.02. The number of thiophene rings is 1. The molecule has 1 unspecified atom stereocenters. The van der Waals surface area contributed by atoms with Gasteiger partial charge in [-0.15, -0.1) is 21.5 Å². The van der Waals surface area contributed by atoms with Gasteiger partial charge in [0, 0.05) is 12.3 Å². The number of benzene rings is 1. The second-order valence-corrected chi connectivity index (χ2v) is 10.8. The van der Waals surface area contributed by atoms with Crippen LogP contribution in [0.1, 0.15) is 18.4 Å². The summed E-state index contributed by atoms with van der Waals surface area (Å²) < 4.78 is 31.2. The number of anilines is 1. The molecule has 0 saturated carbocycles. The molecule has 9 nitrogen and oxygen atoms in total. The van der Waals surface area contributed by atoms with Crippen molar-refractivity contribution < 1.29 is 17.9 Å². The molecular weight excluding hydrogens is 470 g/mol. The number of carbonyl (C=O) groups is 1. The molecular formula is C20H23N5O4S3. The maximum atomic E-state index is 12.5. The Kier molecular flexibility index (Phi) is 6.96. The van der Waals surface area contributed by atoms with Gasteiger partial charge in [0.25, 0.3) is 0 Å². The number of aromatic nitrogens is 3. The van der Waals surface area contributed by atoms with E-state index in [9.17, 15) is 13.2 Å². The number of rotatable bonds is 8. The minimum absolute atomic E-state index is 0.0140. The van der Waals surface area contributed by atoms with Crippen molar-refractivity contribution in [2.45, 2.75) is 42.5 Å². The van der Waals surface area contributed by atoms with Crippen LogP contribution in [0.5, 0.6) is 0 Å². The lowest BCUT2D eigenvalue weighted by atomic mass is 10.2. The summed E-state index contributed by atoms with van der Waals surface area (Å²) >= 11 is 2.85. The molecule has 0 bridgehead atoms. The van der Waals surface area contributed by atoms with E-state index >= 15 is 0 Å². The molecule has 32 heavy (non-hydrogen) atoms. The molecule has 3 heterocycles. The van der Waals surface area contributed by atoms with E-state index in [0.29, 0.717) is 23.0 Å². The predicted molar refractivity (Wildman–Crippen MR) is 124 cm³/mol. The van der Waals surface area contributed by atoms with Crippen molar-refractivity contribution in [3.63, 3.8) is 0 Å². The number of nitrogens with two attached hydrogens (primary N) is 1. The minimum atomic E-state index is -3.87. The average molecular weight is 494 g/mol. The zero-order chi connectivity index (χ0) is 22.7. The molecule has 1 fully saturated rings. The summed E-state index contributed by atoms with van der Waals surface area (Å²) in [5.74, 6) is 0.561. The lowest BCUT2D eigenvalue weighted by Gasteiger charge is -2.14. The van der Waals surface area contributed by atoms with Gasteiger partial charge in [-0.1, -0.05) is 23.9 Å². The minimum Gasteiger partial charge on any atom is -0.376 e. The van der Waals surface area contributed by atoms with Crippen molar-refractivity contribution in [1.29, 1.82) is 0 Å². The highest BCUT2D eigenvalue weighted by Crippen LogP contribution is 2.29. The molecule has 1 aromatic carbocycles. The summed E-state index contributed by atoms with van der Waals surface area (Å²) in [7, 11) is -3.87. The number of amides is 1. The number of nitrogens with zero attached hydrogens (tertiary/aromatic N) is 3. The highest BCUT2D eigenvalue weighted by Gasteiger charge is 2.22. The number of nitrogens with one attached hydrogen (secondary N) is 1. The van der Waals surface area contributed by atoms with Crippen LogP contribution in [0.4, 0.5) is 5.69 Å². The van der Waals surface area contributed by atoms with Gasteiger partial charge < -0.3 is 10.1 Å². The van der Waals surface area contributed by atoms with Gasteiger partial charge in [0.15, 0.2) is 11.0 Å². The number of primary sulfonamides is 1. The largest absolute Gasteiger partial charge is 0.376 e. The van der Waals surface area contributed by atoms with Gasteiger partial charge in [-0.2, -0.15) is 0 Å². The smallest absolute Gasteiger partial charge is 0.238 e. The first kappa shape index (κ1) is 22.9. The number of hydrogen-bond donors (Lipinski definition) is 2. The fourth-order valence-electron chi connectivity index (χ4n) is 3.45. The zero-order valence-electron chi connectivity index (χ0n) is 17.4. The quantitative estimate of drug-likeness (QED) is 0.462. The first-order chi connectivity index (χ1) is 15.3. The summed E-state index contributed by atoms with van der Waals surface area (Å²) in [5, 5.41) is 19.2. The highest BCUT2D eigenvalue weighted by atomic mass is 32.2. The number of sulfonamides is 1. The standard InChI is InChI=1S/C20H23N5O4S3/c1-13-6-7-14(10-17(13)32(21,27)28)22-18(26)12-31-20-24-23-19(16-5-3-9-30-16)25(20)11-15-4-2-8-29-15/h3,5-7,9-10,15H,2,4,8,11-12H2,1H3,(H,22,26)(H2,21,27,28). The molecule has 170 valence electrons. The second kappa shape index (κ2) is 9.71.